The van der Waals surface area contributed by atoms with Crippen molar-refractivity contribution in [3.63, 3.8) is 0 Å². The molecule has 0 aliphatic rings. The molecule has 0 fully saturated rings. The predicted molar refractivity (Wildman–Crippen MR) is 156 cm³/mol. The number of carbonyl (C=O) groups excluding carboxylic acids is 2. The molecule has 1 atom stereocenters. The molecule has 7 nitrogen and oxygen atoms in total. The summed E-state index contributed by atoms with van der Waals surface area (Å²) in [6.07, 6.45) is 26.2. The second kappa shape index (κ2) is 28.4. The maximum absolute atomic E-state index is 12.4. The summed E-state index contributed by atoms with van der Waals surface area (Å²) in [6.45, 7) is 4.59. The molecule has 0 aliphatic carbocycles. The lowest BCUT2D eigenvalue weighted by Gasteiger charge is -2.18. The van der Waals surface area contributed by atoms with E-state index in [0.717, 1.165) is 32.1 Å². The smallest absolute Gasteiger partial charge is 0.322 e. The van der Waals surface area contributed by atoms with Crippen LogP contribution in [0.3, 0.4) is 0 Å². The first-order chi connectivity index (χ1) is 18.5. The van der Waals surface area contributed by atoms with Crippen molar-refractivity contribution >= 4 is 17.8 Å². The van der Waals surface area contributed by atoms with Gasteiger partial charge in [-0.05, 0) is 12.8 Å². The molecular formula is C31H60N2O5. The van der Waals surface area contributed by atoms with Crippen molar-refractivity contribution in [3.05, 3.63) is 0 Å². The van der Waals surface area contributed by atoms with Crippen LogP contribution < -0.4 is 10.6 Å². The maximum atomic E-state index is 12.4. The van der Waals surface area contributed by atoms with Gasteiger partial charge in [-0.2, -0.15) is 0 Å². The second-order valence-electron chi connectivity index (χ2n) is 10.8. The second-order valence-corrected chi connectivity index (χ2v) is 10.8. The fourth-order valence-electron chi connectivity index (χ4n) is 4.58. The highest BCUT2D eigenvalue weighted by molar-refractivity contribution is 5.89. The molecule has 38 heavy (non-hydrogen) atoms. The number of carboxylic acid groups (broad SMARTS) is 1. The number of carbonyl (C=O) groups is 3. The molecule has 7 heteroatoms. The van der Waals surface area contributed by atoms with E-state index in [-0.39, 0.29) is 12.5 Å². The lowest BCUT2D eigenvalue weighted by molar-refractivity contribution is -0.138. The third-order valence-electron chi connectivity index (χ3n) is 7.00. The third-order valence-corrected chi connectivity index (χ3v) is 7.00. The van der Waals surface area contributed by atoms with Gasteiger partial charge in [0.05, 0.1) is 6.61 Å². The van der Waals surface area contributed by atoms with Crippen LogP contribution in [-0.2, 0) is 19.1 Å². The normalized spacial score (nSPS) is 11.8. The van der Waals surface area contributed by atoms with Crippen LogP contribution in [0.1, 0.15) is 155 Å². The van der Waals surface area contributed by atoms with Crippen LogP contribution >= 0.6 is 0 Å². The van der Waals surface area contributed by atoms with Crippen molar-refractivity contribution in [3.8, 4) is 0 Å². The Morgan fingerprint density at radius 3 is 1.50 bits per heavy atom. The number of hydrogen-bond acceptors (Lipinski definition) is 4. The van der Waals surface area contributed by atoms with E-state index in [1.165, 1.54) is 103 Å². The number of aliphatic carboxylic acids is 1. The van der Waals surface area contributed by atoms with Gasteiger partial charge in [0.2, 0.25) is 11.8 Å². The third kappa shape index (κ3) is 26.0. The number of nitrogens with one attached hydrogen (secondary N) is 2. The van der Waals surface area contributed by atoms with Crippen molar-refractivity contribution in [2.75, 3.05) is 19.8 Å². The summed E-state index contributed by atoms with van der Waals surface area (Å²) in [6, 6.07) is -0.863. The van der Waals surface area contributed by atoms with Gasteiger partial charge in [0.15, 0.2) is 0 Å². The van der Waals surface area contributed by atoms with Crippen LogP contribution in [0.5, 0.6) is 0 Å². The quantitative estimate of drug-likeness (QED) is 0.0863. The molecule has 0 rings (SSSR count). The Balaban J connectivity index is 3.98. The largest absolute Gasteiger partial charge is 0.480 e. The van der Waals surface area contributed by atoms with Gasteiger partial charge in [-0.25, -0.2) is 0 Å². The standard InChI is InChI=1S/C31H60N2O5/c1-3-5-7-9-11-13-14-15-16-17-18-20-22-24-29(34)33-28(31(37)32-26-30(35)36)27-38-25-23-21-19-12-10-8-6-4-2/h28H,3-27H2,1-2H3,(H,32,37)(H,33,34)(H,35,36)/t28-/m1/s1. The Labute approximate surface area is 233 Å². The molecule has 224 valence electrons. The summed E-state index contributed by atoms with van der Waals surface area (Å²) >= 11 is 0. The fourth-order valence-corrected chi connectivity index (χ4v) is 4.58. The van der Waals surface area contributed by atoms with Crippen LogP contribution in [0.2, 0.25) is 0 Å². The fraction of sp³-hybridized carbons (Fsp3) is 0.903. The summed E-state index contributed by atoms with van der Waals surface area (Å²) in [5, 5.41) is 13.9. The lowest BCUT2D eigenvalue weighted by atomic mass is 10.0. The van der Waals surface area contributed by atoms with E-state index in [2.05, 4.69) is 24.5 Å². The van der Waals surface area contributed by atoms with Gasteiger partial charge in [-0.1, -0.05) is 136 Å². The average molecular weight is 541 g/mol. The molecule has 2 amide bonds. The van der Waals surface area contributed by atoms with E-state index in [0.29, 0.717) is 13.0 Å². The molecule has 0 radical (unpaired) electrons. The highest BCUT2D eigenvalue weighted by atomic mass is 16.5. The van der Waals surface area contributed by atoms with Gasteiger partial charge in [0.1, 0.15) is 12.6 Å². The van der Waals surface area contributed by atoms with Crippen molar-refractivity contribution in [2.24, 2.45) is 0 Å². The van der Waals surface area contributed by atoms with Gasteiger partial charge in [0, 0.05) is 13.0 Å². The monoisotopic (exact) mass is 540 g/mol. The number of amides is 2. The minimum absolute atomic E-state index is 0.0618. The molecule has 0 aromatic heterocycles. The Bertz CT molecular complexity index is 570. The average Bonchev–Trinajstić information content (AvgIpc) is 2.90. The van der Waals surface area contributed by atoms with Gasteiger partial charge in [-0.3, -0.25) is 14.4 Å². The van der Waals surface area contributed by atoms with Crippen LogP contribution in [0.4, 0.5) is 0 Å². The van der Waals surface area contributed by atoms with E-state index in [4.69, 9.17) is 9.84 Å². The van der Waals surface area contributed by atoms with Crippen LogP contribution in [0, 0.1) is 0 Å². The molecule has 0 spiro atoms. The maximum Gasteiger partial charge on any atom is 0.322 e. The summed E-state index contributed by atoms with van der Waals surface area (Å²) in [5.74, 6) is -1.81. The summed E-state index contributed by atoms with van der Waals surface area (Å²) in [5.41, 5.74) is 0. The lowest BCUT2D eigenvalue weighted by Crippen LogP contribution is -2.50. The van der Waals surface area contributed by atoms with Crippen molar-refractivity contribution < 1.29 is 24.2 Å². The number of hydrogen-bond donors (Lipinski definition) is 3. The minimum Gasteiger partial charge on any atom is -0.480 e. The van der Waals surface area contributed by atoms with E-state index >= 15 is 0 Å². The topological polar surface area (TPSA) is 105 Å². The minimum atomic E-state index is -1.12. The molecule has 0 heterocycles. The van der Waals surface area contributed by atoms with Gasteiger partial charge in [0.25, 0.3) is 0 Å². The SMILES string of the molecule is CCCCCCCCCCCCCCCC(=O)N[C@H](COCCCCCCCCCC)C(=O)NCC(=O)O. The first kappa shape index (κ1) is 36.4. The van der Waals surface area contributed by atoms with E-state index in [1.54, 1.807) is 0 Å². The summed E-state index contributed by atoms with van der Waals surface area (Å²) in [7, 11) is 0. The molecule has 0 aliphatic heterocycles. The van der Waals surface area contributed by atoms with Gasteiger partial charge >= 0.3 is 5.97 Å². The zero-order chi connectivity index (χ0) is 28.1. The highest BCUT2D eigenvalue weighted by Gasteiger charge is 2.21. The Morgan fingerprint density at radius 1 is 0.632 bits per heavy atom. The molecular weight excluding hydrogens is 480 g/mol. The highest BCUT2D eigenvalue weighted by Crippen LogP contribution is 2.13. The van der Waals surface area contributed by atoms with Gasteiger partial charge < -0.3 is 20.5 Å². The van der Waals surface area contributed by atoms with Crippen molar-refractivity contribution in [2.45, 2.75) is 161 Å². The number of ether oxygens (including phenoxy) is 1. The van der Waals surface area contributed by atoms with E-state index in [9.17, 15) is 14.4 Å². The molecule has 0 saturated carbocycles. The molecule has 0 saturated heterocycles. The molecule has 0 aromatic carbocycles. The first-order valence-corrected chi connectivity index (χ1v) is 15.9. The summed E-state index contributed by atoms with van der Waals surface area (Å²) < 4.78 is 5.67. The van der Waals surface area contributed by atoms with Crippen LogP contribution in [-0.4, -0.2) is 48.7 Å². The van der Waals surface area contributed by atoms with Crippen molar-refractivity contribution in [1.82, 2.24) is 10.6 Å². The summed E-state index contributed by atoms with van der Waals surface area (Å²) in [4.78, 5) is 35.6. The molecule has 0 aromatic rings. The number of unbranched alkanes of at least 4 members (excludes halogenated alkanes) is 19. The molecule has 3 N–H and O–H groups in total. The molecule has 0 unspecified atom stereocenters. The Kier molecular flexibility index (Phi) is 27.2. The van der Waals surface area contributed by atoms with Gasteiger partial charge in [-0.15, -0.1) is 0 Å². The Hall–Kier alpha value is -1.63. The molecule has 0 bridgehead atoms. The van der Waals surface area contributed by atoms with E-state index in [1.807, 2.05) is 0 Å². The first-order valence-electron chi connectivity index (χ1n) is 15.9. The van der Waals surface area contributed by atoms with Crippen LogP contribution in [0.15, 0.2) is 0 Å². The van der Waals surface area contributed by atoms with Crippen molar-refractivity contribution in [1.29, 1.82) is 0 Å². The van der Waals surface area contributed by atoms with Crippen LogP contribution in [0.25, 0.3) is 0 Å². The zero-order valence-corrected chi connectivity index (χ0v) is 24.8. The zero-order valence-electron chi connectivity index (χ0n) is 24.8. The van der Waals surface area contributed by atoms with E-state index < -0.39 is 24.5 Å². The Morgan fingerprint density at radius 2 is 1.05 bits per heavy atom. The number of rotatable bonds is 29. The number of carboxylic acids is 1. The predicted octanol–water partition coefficient (Wildman–Crippen LogP) is 7.31.